The van der Waals surface area contributed by atoms with Gasteiger partial charge in [-0.05, 0) is 50.3 Å². The first kappa shape index (κ1) is 21.4. The van der Waals surface area contributed by atoms with E-state index >= 15 is 0 Å². The standard InChI is InChI=1S/C22H35ClN4O/c1-3-12-27-13-8-18(9-14-27)26-21(24-2)25-17-22(10-15-28-16-11-22)19-6-4-5-7-20(19)23/h4-7,18H,3,8-17H2,1-2H3,(H2,24,25,26). The largest absolute Gasteiger partial charge is 0.381 e. The molecule has 3 rings (SSSR count). The molecule has 2 N–H and O–H groups in total. The van der Waals surface area contributed by atoms with E-state index in [9.17, 15) is 0 Å². The molecule has 0 saturated carbocycles. The van der Waals surface area contributed by atoms with Crippen molar-refractivity contribution in [1.82, 2.24) is 15.5 Å². The average Bonchev–Trinajstić information content (AvgIpc) is 2.73. The summed E-state index contributed by atoms with van der Waals surface area (Å²) in [4.78, 5) is 7.04. The minimum absolute atomic E-state index is 0.0152. The molecule has 2 aliphatic rings. The van der Waals surface area contributed by atoms with Gasteiger partial charge in [-0.15, -0.1) is 0 Å². The van der Waals surface area contributed by atoms with Gasteiger partial charge in [0.25, 0.3) is 0 Å². The summed E-state index contributed by atoms with van der Waals surface area (Å²) in [5.41, 5.74) is 1.20. The van der Waals surface area contributed by atoms with Crippen LogP contribution in [0.4, 0.5) is 0 Å². The van der Waals surface area contributed by atoms with Gasteiger partial charge in [-0.2, -0.15) is 0 Å². The van der Waals surface area contributed by atoms with Crippen molar-refractivity contribution in [3.05, 3.63) is 34.9 Å². The second-order valence-corrected chi connectivity index (χ2v) is 8.47. The van der Waals surface area contributed by atoms with Crippen molar-refractivity contribution in [3.8, 4) is 0 Å². The Balaban J connectivity index is 1.60. The van der Waals surface area contributed by atoms with Crippen LogP contribution >= 0.6 is 11.6 Å². The van der Waals surface area contributed by atoms with E-state index in [1.807, 2.05) is 19.2 Å². The number of nitrogens with one attached hydrogen (secondary N) is 2. The third-order valence-electron chi connectivity index (χ3n) is 6.18. The van der Waals surface area contributed by atoms with Crippen LogP contribution < -0.4 is 10.6 Å². The number of benzene rings is 1. The van der Waals surface area contributed by atoms with Crippen LogP contribution in [-0.2, 0) is 10.2 Å². The first-order valence-electron chi connectivity index (χ1n) is 10.7. The van der Waals surface area contributed by atoms with E-state index < -0.39 is 0 Å². The highest BCUT2D eigenvalue weighted by Crippen LogP contribution is 2.38. The molecule has 2 fully saturated rings. The van der Waals surface area contributed by atoms with Crippen molar-refractivity contribution in [3.63, 3.8) is 0 Å². The maximum absolute atomic E-state index is 6.57. The minimum Gasteiger partial charge on any atom is -0.381 e. The molecular weight excluding hydrogens is 372 g/mol. The van der Waals surface area contributed by atoms with Crippen molar-refractivity contribution in [1.29, 1.82) is 0 Å². The van der Waals surface area contributed by atoms with Crippen LogP contribution in [0.2, 0.25) is 5.02 Å². The molecule has 1 aromatic carbocycles. The number of guanidine groups is 1. The van der Waals surface area contributed by atoms with Gasteiger partial charge in [0.1, 0.15) is 0 Å². The smallest absolute Gasteiger partial charge is 0.191 e. The Kier molecular flexibility index (Phi) is 8.00. The number of nitrogens with zero attached hydrogens (tertiary/aromatic N) is 2. The molecule has 2 saturated heterocycles. The Hall–Kier alpha value is -1.30. The lowest BCUT2D eigenvalue weighted by Crippen LogP contribution is -2.52. The molecular formula is C22H35ClN4O. The average molecular weight is 407 g/mol. The molecule has 0 aliphatic carbocycles. The van der Waals surface area contributed by atoms with Gasteiger partial charge in [-0.25, -0.2) is 0 Å². The van der Waals surface area contributed by atoms with Gasteiger partial charge in [-0.3, -0.25) is 4.99 Å². The number of hydrogen-bond acceptors (Lipinski definition) is 3. The fourth-order valence-electron chi connectivity index (χ4n) is 4.45. The Morgan fingerprint density at radius 1 is 1.25 bits per heavy atom. The van der Waals surface area contributed by atoms with E-state index in [0.717, 1.165) is 43.6 Å². The summed E-state index contributed by atoms with van der Waals surface area (Å²) in [5.74, 6) is 0.895. The van der Waals surface area contributed by atoms with Crippen LogP contribution in [0.25, 0.3) is 0 Å². The SMILES string of the molecule is CCCN1CCC(NC(=NC)NCC2(c3ccccc3Cl)CCOCC2)CC1. The Bertz CT molecular complexity index is 637. The number of aliphatic imine (C=N–C) groups is 1. The molecule has 0 atom stereocenters. The summed E-state index contributed by atoms with van der Waals surface area (Å²) in [6, 6.07) is 8.72. The summed E-state index contributed by atoms with van der Waals surface area (Å²) in [7, 11) is 1.85. The summed E-state index contributed by atoms with van der Waals surface area (Å²) in [6.07, 6.45) is 5.51. The molecule has 0 spiro atoms. The molecule has 2 aliphatic heterocycles. The highest BCUT2D eigenvalue weighted by Gasteiger charge is 2.36. The molecule has 0 amide bonds. The Morgan fingerprint density at radius 3 is 2.61 bits per heavy atom. The van der Waals surface area contributed by atoms with Gasteiger partial charge in [0.15, 0.2) is 5.96 Å². The lowest BCUT2D eigenvalue weighted by Gasteiger charge is -2.39. The first-order valence-corrected chi connectivity index (χ1v) is 11.1. The van der Waals surface area contributed by atoms with Gasteiger partial charge in [0, 0.05) is 56.4 Å². The van der Waals surface area contributed by atoms with Crippen LogP contribution in [-0.4, -0.2) is 63.3 Å². The van der Waals surface area contributed by atoms with Gasteiger partial charge in [0.2, 0.25) is 0 Å². The molecule has 2 heterocycles. The maximum Gasteiger partial charge on any atom is 0.191 e. The maximum atomic E-state index is 6.57. The van der Waals surface area contributed by atoms with Gasteiger partial charge in [0.05, 0.1) is 0 Å². The normalized spacial score (nSPS) is 21.5. The first-order chi connectivity index (χ1) is 13.7. The molecule has 0 bridgehead atoms. The third kappa shape index (κ3) is 5.40. The van der Waals surface area contributed by atoms with Crippen molar-refractivity contribution < 1.29 is 4.74 Å². The molecule has 5 nitrogen and oxygen atoms in total. The van der Waals surface area contributed by atoms with Gasteiger partial charge in [-0.1, -0.05) is 36.7 Å². The topological polar surface area (TPSA) is 48.9 Å². The van der Waals surface area contributed by atoms with E-state index in [-0.39, 0.29) is 5.41 Å². The fraction of sp³-hybridized carbons (Fsp3) is 0.682. The minimum atomic E-state index is -0.0152. The predicted molar refractivity (Wildman–Crippen MR) is 117 cm³/mol. The van der Waals surface area contributed by atoms with E-state index in [1.54, 1.807) is 0 Å². The molecule has 0 aromatic heterocycles. The number of halogens is 1. The van der Waals surface area contributed by atoms with Gasteiger partial charge < -0.3 is 20.3 Å². The highest BCUT2D eigenvalue weighted by molar-refractivity contribution is 6.31. The Morgan fingerprint density at radius 2 is 1.96 bits per heavy atom. The number of hydrogen-bond donors (Lipinski definition) is 2. The number of ether oxygens (including phenoxy) is 1. The number of likely N-dealkylation sites (tertiary alicyclic amines) is 1. The van der Waals surface area contributed by atoms with Crippen molar-refractivity contribution in [2.45, 2.75) is 50.5 Å². The molecule has 0 radical (unpaired) electrons. The van der Waals surface area contributed by atoms with Crippen LogP contribution in [0.5, 0.6) is 0 Å². The zero-order valence-corrected chi connectivity index (χ0v) is 18.1. The zero-order valence-electron chi connectivity index (χ0n) is 17.3. The Labute approximate surface area is 174 Å². The summed E-state index contributed by atoms with van der Waals surface area (Å²) >= 11 is 6.57. The van der Waals surface area contributed by atoms with Crippen molar-refractivity contribution in [2.75, 3.05) is 46.4 Å². The van der Waals surface area contributed by atoms with Crippen LogP contribution in [0, 0.1) is 0 Å². The highest BCUT2D eigenvalue weighted by atomic mass is 35.5. The molecule has 0 unspecified atom stereocenters. The summed E-state index contributed by atoms with van der Waals surface area (Å²) in [5, 5.41) is 8.08. The second-order valence-electron chi connectivity index (χ2n) is 8.06. The van der Waals surface area contributed by atoms with Crippen molar-refractivity contribution in [2.24, 2.45) is 4.99 Å². The summed E-state index contributed by atoms with van der Waals surface area (Å²) in [6.45, 7) is 8.16. The quantitative estimate of drug-likeness (QED) is 0.561. The molecule has 1 aromatic rings. The number of piperidine rings is 1. The van der Waals surface area contributed by atoms with E-state index in [1.165, 1.54) is 44.5 Å². The number of rotatable bonds is 6. The third-order valence-corrected chi connectivity index (χ3v) is 6.51. The molecule has 6 heteroatoms. The van der Waals surface area contributed by atoms with E-state index in [2.05, 4.69) is 39.6 Å². The van der Waals surface area contributed by atoms with Crippen LogP contribution in [0.3, 0.4) is 0 Å². The fourth-order valence-corrected chi connectivity index (χ4v) is 4.79. The van der Waals surface area contributed by atoms with Crippen LogP contribution in [0.1, 0.15) is 44.6 Å². The van der Waals surface area contributed by atoms with Crippen LogP contribution in [0.15, 0.2) is 29.3 Å². The van der Waals surface area contributed by atoms with Gasteiger partial charge >= 0.3 is 0 Å². The van der Waals surface area contributed by atoms with E-state index in [0.29, 0.717) is 6.04 Å². The van der Waals surface area contributed by atoms with Crippen molar-refractivity contribution >= 4 is 17.6 Å². The molecule has 156 valence electrons. The summed E-state index contributed by atoms with van der Waals surface area (Å²) < 4.78 is 5.65. The lowest BCUT2D eigenvalue weighted by atomic mass is 9.74. The predicted octanol–water partition coefficient (Wildman–Crippen LogP) is 3.43. The monoisotopic (exact) mass is 406 g/mol. The zero-order chi connectivity index (χ0) is 19.8. The molecule has 28 heavy (non-hydrogen) atoms. The second kappa shape index (κ2) is 10.5. The van der Waals surface area contributed by atoms with E-state index in [4.69, 9.17) is 16.3 Å². The lowest BCUT2D eigenvalue weighted by molar-refractivity contribution is 0.0514.